The molecule has 0 N–H and O–H groups in total. The maximum Gasteiger partial charge on any atom is 0.228 e. The molecule has 4 aromatic rings. The molecule has 4 heterocycles. The molecule has 1 aromatic carbocycles. The third kappa shape index (κ3) is 3.78. The van der Waals surface area contributed by atoms with E-state index in [0.29, 0.717) is 6.42 Å². The number of carbonyl (C=O) groups excluding carboxylic acids is 1. The topological polar surface area (TPSA) is 72.1 Å². The van der Waals surface area contributed by atoms with Crippen LogP contribution in [0.2, 0.25) is 0 Å². The molecular weight excluding hydrogens is 384 g/mol. The van der Waals surface area contributed by atoms with Gasteiger partial charge in [-0.25, -0.2) is 9.97 Å². The highest BCUT2D eigenvalue weighted by Crippen LogP contribution is 2.30. The van der Waals surface area contributed by atoms with Crippen molar-refractivity contribution >= 4 is 28.3 Å². The molecular formula is C22H20N4O2S. The van der Waals surface area contributed by atoms with Gasteiger partial charge in [0.1, 0.15) is 10.5 Å². The van der Waals surface area contributed by atoms with Crippen LogP contribution in [0.3, 0.4) is 0 Å². The smallest absolute Gasteiger partial charge is 0.228 e. The largest absolute Gasteiger partial charge is 0.440 e. The van der Waals surface area contributed by atoms with E-state index in [1.54, 1.807) is 6.20 Å². The lowest BCUT2D eigenvalue weighted by molar-refractivity contribution is -0.131. The van der Waals surface area contributed by atoms with Crippen molar-refractivity contribution in [2.24, 2.45) is 0 Å². The summed E-state index contributed by atoms with van der Waals surface area (Å²) in [6, 6.07) is 13.6. The van der Waals surface area contributed by atoms with Crippen molar-refractivity contribution in [3.05, 3.63) is 65.6 Å². The molecule has 0 bridgehead atoms. The Labute approximate surface area is 172 Å². The van der Waals surface area contributed by atoms with Gasteiger partial charge in [-0.3, -0.25) is 9.78 Å². The summed E-state index contributed by atoms with van der Waals surface area (Å²) in [5.74, 6) is 1.18. The lowest BCUT2D eigenvalue weighted by Gasteiger charge is -2.30. The molecule has 0 unspecified atom stereocenters. The van der Waals surface area contributed by atoms with Crippen molar-refractivity contribution in [3.8, 4) is 10.7 Å². The summed E-state index contributed by atoms with van der Waals surface area (Å²) in [4.78, 5) is 28.2. The second-order valence-electron chi connectivity index (χ2n) is 7.21. The number of nitrogens with zero attached hydrogens (tertiary/aromatic N) is 4. The number of para-hydroxylation sites is 2. The molecule has 0 aliphatic carbocycles. The standard InChI is InChI=1S/C22H20N4O2S/c27-20(13-16-14-29-22(24-16)18-6-3-4-10-23-18)26-11-8-15(9-12-26)21-25-17-5-1-2-7-19(17)28-21/h1-7,10,14-15H,8-9,11-13H2. The number of rotatable bonds is 4. The number of carbonyl (C=O) groups is 1. The third-order valence-electron chi connectivity index (χ3n) is 5.28. The summed E-state index contributed by atoms with van der Waals surface area (Å²) in [5.41, 5.74) is 3.37. The summed E-state index contributed by atoms with van der Waals surface area (Å²) in [7, 11) is 0. The zero-order chi connectivity index (χ0) is 19.6. The van der Waals surface area contributed by atoms with Crippen molar-refractivity contribution in [3.63, 3.8) is 0 Å². The Hall–Kier alpha value is -3.06. The van der Waals surface area contributed by atoms with Crippen molar-refractivity contribution in [2.75, 3.05) is 13.1 Å². The van der Waals surface area contributed by atoms with E-state index in [2.05, 4.69) is 15.0 Å². The molecule has 0 radical (unpaired) electrons. The van der Waals surface area contributed by atoms with Crippen LogP contribution in [0, 0.1) is 0 Å². The Morgan fingerprint density at radius 1 is 1.10 bits per heavy atom. The minimum absolute atomic E-state index is 0.124. The van der Waals surface area contributed by atoms with Crippen LogP contribution in [0.15, 0.2) is 58.5 Å². The van der Waals surface area contributed by atoms with E-state index in [1.165, 1.54) is 11.3 Å². The van der Waals surface area contributed by atoms with Gasteiger partial charge < -0.3 is 9.32 Å². The Morgan fingerprint density at radius 2 is 1.93 bits per heavy atom. The van der Waals surface area contributed by atoms with Gasteiger partial charge in [0.05, 0.1) is 17.8 Å². The number of likely N-dealkylation sites (tertiary alicyclic amines) is 1. The number of amides is 1. The van der Waals surface area contributed by atoms with Crippen LogP contribution in [0.5, 0.6) is 0 Å². The molecule has 1 aliphatic heterocycles. The number of thiazole rings is 1. The highest BCUT2D eigenvalue weighted by atomic mass is 32.1. The van der Waals surface area contributed by atoms with Gasteiger partial charge in [-0.15, -0.1) is 11.3 Å². The summed E-state index contributed by atoms with van der Waals surface area (Å²) < 4.78 is 5.91. The van der Waals surface area contributed by atoms with Crippen LogP contribution in [0.1, 0.15) is 30.3 Å². The minimum Gasteiger partial charge on any atom is -0.440 e. The van der Waals surface area contributed by atoms with Crippen molar-refractivity contribution in [1.29, 1.82) is 0 Å². The molecule has 146 valence electrons. The molecule has 1 amide bonds. The average molecular weight is 404 g/mol. The van der Waals surface area contributed by atoms with E-state index in [-0.39, 0.29) is 11.8 Å². The van der Waals surface area contributed by atoms with Crippen LogP contribution in [-0.2, 0) is 11.2 Å². The quantitative estimate of drug-likeness (QED) is 0.507. The second kappa shape index (κ2) is 7.75. The molecule has 1 saturated heterocycles. The van der Waals surface area contributed by atoms with Crippen LogP contribution in [0.4, 0.5) is 0 Å². The normalized spacial score (nSPS) is 15.1. The van der Waals surface area contributed by atoms with Gasteiger partial charge in [-0.2, -0.15) is 0 Å². The number of piperidine rings is 1. The van der Waals surface area contributed by atoms with Crippen molar-refractivity contribution < 1.29 is 9.21 Å². The Morgan fingerprint density at radius 3 is 2.72 bits per heavy atom. The molecule has 29 heavy (non-hydrogen) atoms. The van der Waals surface area contributed by atoms with Crippen molar-refractivity contribution in [1.82, 2.24) is 19.9 Å². The molecule has 0 spiro atoms. The summed E-state index contributed by atoms with van der Waals surface area (Å²) in [6.07, 6.45) is 3.82. The molecule has 5 rings (SSSR count). The Balaban J connectivity index is 1.20. The van der Waals surface area contributed by atoms with Crippen LogP contribution in [-0.4, -0.2) is 38.8 Å². The van der Waals surface area contributed by atoms with Gasteiger partial charge in [-0.05, 0) is 37.1 Å². The fraction of sp³-hybridized carbons (Fsp3) is 0.273. The first-order valence-electron chi connectivity index (χ1n) is 9.75. The van der Waals surface area contributed by atoms with E-state index in [4.69, 9.17) is 4.42 Å². The molecule has 0 atom stereocenters. The first-order chi connectivity index (χ1) is 14.3. The van der Waals surface area contributed by atoms with Crippen molar-refractivity contribution in [2.45, 2.75) is 25.2 Å². The molecule has 0 saturated carbocycles. The van der Waals surface area contributed by atoms with E-state index in [9.17, 15) is 4.79 Å². The molecule has 1 fully saturated rings. The molecule has 3 aromatic heterocycles. The highest BCUT2D eigenvalue weighted by molar-refractivity contribution is 7.13. The molecule has 7 heteroatoms. The van der Waals surface area contributed by atoms with E-state index in [0.717, 1.165) is 59.3 Å². The number of oxazole rings is 1. The number of fused-ring (bicyclic) bond motifs is 1. The maximum atomic E-state index is 12.7. The fourth-order valence-electron chi connectivity index (χ4n) is 3.70. The van der Waals surface area contributed by atoms with E-state index in [1.807, 2.05) is 52.7 Å². The van der Waals surface area contributed by atoms with Crippen LogP contribution < -0.4 is 0 Å². The first kappa shape index (κ1) is 18.0. The zero-order valence-corrected chi connectivity index (χ0v) is 16.6. The number of benzene rings is 1. The third-order valence-corrected chi connectivity index (χ3v) is 6.19. The number of pyridine rings is 1. The van der Waals surface area contributed by atoms with Gasteiger partial charge in [-0.1, -0.05) is 18.2 Å². The summed E-state index contributed by atoms with van der Waals surface area (Å²) >= 11 is 1.53. The lowest BCUT2D eigenvalue weighted by atomic mass is 9.96. The van der Waals surface area contributed by atoms with Gasteiger partial charge in [0.2, 0.25) is 5.91 Å². The maximum absolute atomic E-state index is 12.7. The summed E-state index contributed by atoms with van der Waals surface area (Å²) in [6.45, 7) is 1.44. The van der Waals surface area contributed by atoms with Gasteiger partial charge in [0.25, 0.3) is 0 Å². The first-order valence-corrected chi connectivity index (χ1v) is 10.6. The Kier molecular flexibility index (Phi) is 4.81. The molecule has 1 aliphatic rings. The lowest BCUT2D eigenvalue weighted by Crippen LogP contribution is -2.38. The number of hydrogen-bond acceptors (Lipinski definition) is 6. The van der Waals surface area contributed by atoms with Crippen LogP contribution >= 0.6 is 11.3 Å². The van der Waals surface area contributed by atoms with Gasteiger partial charge in [0.15, 0.2) is 11.5 Å². The van der Waals surface area contributed by atoms with E-state index >= 15 is 0 Å². The Bertz CT molecular complexity index is 1100. The predicted octanol–water partition coefficient (Wildman–Crippen LogP) is 4.30. The van der Waals surface area contributed by atoms with Crippen LogP contribution in [0.25, 0.3) is 21.8 Å². The second-order valence-corrected chi connectivity index (χ2v) is 8.07. The molecule has 6 nitrogen and oxygen atoms in total. The highest BCUT2D eigenvalue weighted by Gasteiger charge is 2.27. The monoisotopic (exact) mass is 404 g/mol. The SMILES string of the molecule is O=C(Cc1csc(-c2ccccn2)n1)N1CCC(c2nc3ccccc3o2)CC1. The zero-order valence-electron chi connectivity index (χ0n) is 15.8. The minimum atomic E-state index is 0.124. The fourth-order valence-corrected chi connectivity index (χ4v) is 4.50. The number of aromatic nitrogens is 3. The van der Waals surface area contributed by atoms with Gasteiger partial charge in [0, 0.05) is 30.6 Å². The predicted molar refractivity (Wildman–Crippen MR) is 112 cm³/mol. The van der Waals surface area contributed by atoms with E-state index < -0.39 is 0 Å². The van der Waals surface area contributed by atoms with Gasteiger partial charge >= 0.3 is 0 Å². The number of hydrogen-bond donors (Lipinski definition) is 0. The average Bonchev–Trinajstić information content (AvgIpc) is 3.41. The summed E-state index contributed by atoms with van der Waals surface area (Å²) in [5, 5.41) is 2.80.